The first-order valence-corrected chi connectivity index (χ1v) is 10.5. The molecule has 0 unspecified atom stereocenters. The molecule has 1 saturated carbocycles. The number of Topliss-reactive ketones (excluding diaryl/α,β-unsaturated/α-hetero) is 1. The molecular weight excluding hydrogens is 342 g/mol. The first kappa shape index (κ1) is 17.5. The van der Waals surface area contributed by atoms with Gasteiger partial charge in [0.05, 0.1) is 10.9 Å². The second-order valence-electron chi connectivity index (χ2n) is 7.50. The fourth-order valence-corrected chi connectivity index (χ4v) is 5.33. The van der Waals surface area contributed by atoms with E-state index in [2.05, 4.69) is 12.1 Å². The Morgan fingerprint density at radius 3 is 2.46 bits per heavy atom. The summed E-state index contributed by atoms with van der Waals surface area (Å²) >= 11 is 1.49. The number of aryl methyl sites for hydroxylation is 1. The molecule has 2 aliphatic heterocycles. The third-order valence-corrected chi connectivity index (χ3v) is 6.78. The van der Waals surface area contributed by atoms with Crippen LogP contribution >= 0.6 is 11.3 Å². The van der Waals surface area contributed by atoms with Crippen LogP contribution in [0.4, 0.5) is 0 Å². The van der Waals surface area contributed by atoms with Crippen LogP contribution in [0.5, 0.6) is 0 Å². The Morgan fingerprint density at radius 2 is 1.77 bits per heavy atom. The van der Waals surface area contributed by atoms with Crippen LogP contribution in [0, 0.1) is 5.92 Å². The monoisotopic (exact) mass is 367 g/mol. The topological polar surface area (TPSA) is 37.4 Å². The normalized spacial score (nSPS) is 24.6. The van der Waals surface area contributed by atoms with E-state index in [1.807, 2.05) is 40.6 Å². The van der Waals surface area contributed by atoms with Gasteiger partial charge in [0.1, 0.15) is 0 Å². The van der Waals surface area contributed by atoms with Crippen molar-refractivity contribution in [2.75, 3.05) is 0 Å². The fraction of sp³-hybridized carbons (Fsp3) is 0.455. The van der Waals surface area contributed by atoms with E-state index < -0.39 is 0 Å². The molecule has 1 atom stereocenters. The van der Waals surface area contributed by atoms with Crippen molar-refractivity contribution in [3.05, 3.63) is 58.3 Å². The fourth-order valence-electron chi connectivity index (χ4n) is 4.63. The number of amides is 1. The van der Waals surface area contributed by atoms with Gasteiger partial charge in [-0.25, -0.2) is 0 Å². The molecular formula is C22H25NO2S. The lowest BCUT2D eigenvalue weighted by Gasteiger charge is -2.50. The van der Waals surface area contributed by atoms with Gasteiger partial charge in [0.15, 0.2) is 5.78 Å². The van der Waals surface area contributed by atoms with Crippen LogP contribution in [0.25, 0.3) is 0 Å². The highest BCUT2D eigenvalue weighted by Crippen LogP contribution is 2.41. The number of hydrogen-bond donors (Lipinski definition) is 0. The summed E-state index contributed by atoms with van der Waals surface area (Å²) in [6.07, 6.45) is 6.58. The predicted molar refractivity (Wildman–Crippen MR) is 104 cm³/mol. The highest BCUT2D eigenvalue weighted by atomic mass is 32.1. The summed E-state index contributed by atoms with van der Waals surface area (Å²) in [5.41, 5.74) is 1.27. The number of nitrogens with zero attached hydrogens (tertiary/aromatic N) is 1. The van der Waals surface area contributed by atoms with Gasteiger partial charge < -0.3 is 4.90 Å². The lowest BCUT2D eigenvalue weighted by atomic mass is 9.73. The van der Waals surface area contributed by atoms with Gasteiger partial charge >= 0.3 is 0 Å². The molecule has 2 aromatic rings. The Hall–Kier alpha value is -1.94. The number of carbonyl (C=O) groups excluding carboxylic acids is 2. The minimum absolute atomic E-state index is 0.158. The number of piperidine rings is 2. The number of fused-ring (bicyclic) bond motifs is 3. The van der Waals surface area contributed by atoms with Crippen molar-refractivity contribution in [3.63, 3.8) is 0 Å². The Labute approximate surface area is 159 Å². The van der Waals surface area contributed by atoms with E-state index in [0.717, 1.165) is 43.4 Å². The van der Waals surface area contributed by atoms with Gasteiger partial charge in [0, 0.05) is 12.5 Å². The summed E-state index contributed by atoms with van der Waals surface area (Å²) in [4.78, 5) is 28.9. The van der Waals surface area contributed by atoms with Crippen LogP contribution in [-0.4, -0.2) is 28.7 Å². The maximum Gasteiger partial charge on any atom is 0.223 e. The molecule has 0 N–H and O–H groups in total. The third-order valence-electron chi connectivity index (χ3n) is 5.90. The second-order valence-corrected chi connectivity index (χ2v) is 8.44. The molecule has 2 bridgehead atoms. The average molecular weight is 368 g/mol. The van der Waals surface area contributed by atoms with Crippen molar-refractivity contribution < 1.29 is 9.59 Å². The highest BCUT2D eigenvalue weighted by molar-refractivity contribution is 7.12. The van der Waals surface area contributed by atoms with Gasteiger partial charge in [-0.2, -0.15) is 0 Å². The quantitative estimate of drug-likeness (QED) is 0.693. The van der Waals surface area contributed by atoms with E-state index in [0.29, 0.717) is 12.3 Å². The number of rotatable bonds is 6. The molecule has 1 amide bonds. The zero-order valence-electron chi connectivity index (χ0n) is 15.0. The summed E-state index contributed by atoms with van der Waals surface area (Å²) in [5.74, 6) is 0.670. The van der Waals surface area contributed by atoms with Crippen molar-refractivity contribution in [1.82, 2.24) is 4.90 Å². The first-order valence-electron chi connectivity index (χ1n) is 9.67. The number of hydrogen-bond acceptors (Lipinski definition) is 3. The molecule has 1 aromatic heterocycles. The van der Waals surface area contributed by atoms with Crippen LogP contribution in [0.1, 0.15) is 53.8 Å². The summed E-state index contributed by atoms with van der Waals surface area (Å²) < 4.78 is 0. The molecule has 5 rings (SSSR count). The van der Waals surface area contributed by atoms with Crippen LogP contribution < -0.4 is 0 Å². The lowest BCUT2D eigenvalue weighted by Crippen LogP contribution is -2.60. The van der Waals surface area contributed by atoms with Crippen molar-refractivity contribution in [1.29, 1.82) is 0 Å². The van der Waals surface area contributed by atoms with Gasteiger partial charge in [-0.05, 0) is 61.5 Å². The maximum atomic E-state index is 13.1. The molecule has 1 aromatic carbocycles. The molecule has 3 aliphatic rings. The SMILES string of the molecule is O=C(c1cccs1)[C@@H]1C2CCC(CC2)N1C(=O)CCCc1ccccc1. The van der Waals surface area contributed by atoms with E-state index in [1.165, 1.54) is 16.9 Å². The Bertz CT molecular complexity index is 748. The first-order chi connectivity index (χ1) is 12.7. The number of ketones is 1. The van der Waals surface area contributed by atoms with Crippen molar-refractivity contribution in [2.24, 2.45) is 5.92 Å². The number of thiophene rings is 1. The average Bonchev–Trinajstić information content (AvgIpc) is 3.23. The van der Waals surface area contributed by atoms with E-state index in [9.17, 15) is 9.59 Å². The van der Waals surface area contributed by atoms with Crippen molar-refractivity contribution in [2.45, 2.75) is 57.0 Å². The summed E-state index contributed by atoms with van der Waals surface area (Å²) in [5, 5.41) is 1.94. The molecule has 3 nitrogen and oxygen atoms in total. The smallest absolute Gasteiger partial charge is 0.223 e. The predicted octanol–water partition coefficient (Wildman–Crippen LogP) is 4.72. The molecule has 26 heavy (non-hydrogen) atoms. The molecule has 3 fully saturated rings. The third kappa shape index (κ3) is 3.48. The van der Waals surface area contributed by atoms with Gasteiger partial charge in [-0.15, -0.1) is 11.3 Å². The molecule has 3 heterocycles. The van der Waals surface area contributed by atoms with E-state index in [-0.39, 0.29) is 23.8 Å². The lowest BCUT2D eigenvalue weighted by molar-refractivity contribution is -0.142. The summed E-state index contributed by atoms with van der Waals surface area (Å²) in [6, 6.07) is 14.2. The van der Waals surface area contributed by atoms with Crippen LogP contribution in [0.15, 0.2) is 47.8 Å². The van der Waals surface area contributed by atoms with Crippen molar-refractivity contribution in [3.8, 4) is 0 Å². The van der Waals surface area contributed by atoms with E-state index in [4.69, 9.17) is 0 Å². The highest BCUT2D eigenvalue weighted by Gasteiger charge is 2.47. The van der Waals surface area contributed by atoms with Gasteiger partial charge in [0.25, 0.3) is 0 Å². The number of benzene rings is 1. The maximum absolute atomic E-state index is 13.1. The zero-order valence-corrected chi connectivity index (χ0v) is 15.8. The second kappa shape index (κ2) is 7.75. The Balaban J connectivity index is 1.45. The summed E-state index contributed by atoms with van der Waals surface area (Å²) in [6.45, 7) is 0. The minimum atomic E-state index is -0.231. The Morgan fingerprint density at radius 1 is 1.00 bits per heavy atom. The van der Waals surface area contributed by atoms with Crippen molar-refractivity contribution >= 4 is 23.0 Å². The zero-order chi connectivity index (χ0) is 17.9. The summed E-state index contributed by atoms with van der Waals surface area (Å²) in [7, 11) is 0. The number of carbonyl (C=O) groups is 2. The van der Waals surface area contributed by atoms with Crippen LogP contribution in [0.2, 0.25) is 0 Å². The molecule has 0 spiro atoms. The largest absolute Gasteiger partial charge is 0.329 e. The van der Waals surface area contributed by atoms with Gasteiger partial charge in [-0.1, -0.05) is 36.4 Å². The van der Waals surface area contributed by atoms with E-state index >= 15 is 0 Å². The molecule has 1 aliphatic carbocycles. The van der Waals surface area contributed by atoms with Gasteiger partial charge in [0.2, 0.25) is 5.91 Å². The minimum Gasteiger partial charge on any atom is -0.329 e. The molecule has 2 saturated heterocycles. The van der Waals surface area contributed by atoms with E-state index in [1.54, 1.807) is 0 Å². The van der Waals surface area contributed by atoms with Crippen LogP contribution in [-0.2, 0) is 11.2 Å². The molecule has 136 valence electrons. The van der Waals surface area contributed by atoms with Gasteiger partial charge in [-0.3, -0.25) is 9.59 Å². The standard InChI is InChI=1S/C22H25NO2S/c24-20(10-4-8-16-6-2-1-3-7-16)23-18-13-11-17(12-14-18)21(23)22(25)19-9-5-15-26-19/h1-3,5-7,9,15,17-18,21H,4,8,10-14H2/t17?,18?,21-/m0/s1. The Kier molecular flexibility index (Phi) is 5.21. The molecule has 4 heteroatoms. The molecule has 0 radical (unpaired) electrons. The van der Waals surface area contributed by atoms with Crippen LogP contribution in [0.3, 0.4) is 0 Å².